The van der Waals surface area contributed by atoms with Gasteiger partial charge in [0.05, 0.1) is 13.7 Å². The number of methoxy groups -OCH3 is 1. The Hall–Kier alpha value is -2.55. The molecule has 9 heteroatoms. The average molecular weight is 295 g/mol. The maximum Gasteiger partial charge on any atom is 0.407 e. The first-order valence-electron chi connectivity index (χ1n) is 5.54. The van der Waals surface area contributed by atoms with E-state index in [1.54, 1.807) is 17.5 Å². The quantitative estimate of drug-likeness (QED) is 0.573. The first-order chi connectivity index (χ1) is 9.58. The fourth-order valence-electron chi connectivity index (χ4n) is 1.38. The fourth-order valence-corrected chi connectivity index (χ4v) is 2.08. The molecule has 2 aromatic rings. The molecule has 0 bridgehead atoms. The predicted molar refractivity (Wildman–Crippen MR) is 74.5 cm³/mol. The summed E-state index contributed by atoms with van der Waals surface area (Å²) in [7, 11) is 1.30. The summed E-state index contributed by atoms with van der Waals surface area (Å²) in [5.74, 6) is 1.11. The highest BCUT2D eigenvalue weighted by Crippen LogP contribution is 2.27. The van der Waals surface area contributed by atoms with Gasteiger partial charge in [0, 0.05) is 5.38 Å². The fraction of sp³-hybridized carbons (Fsp3) is 0.182. The van der Waals surface area contributed by atoms with Gasteiger partial charge >= 0.3 is 6.09 Å². The number of thiazole rings is 1. The van der Waals surface area contributed by atoms with Crippen LogP contribution in [-0.2, 0) is 11.3 Å². The number of hydrogen-bond donors (Lipinski definition) is 3. The van der Waals surface area contributed by atoms with E-state index >= 15 is 0 Å². The first kappa shape index (κ1) is 13.9. The van der Waals surface area contributed by atoms with Gasteiger partial charge in [0.1, 0.15) is 11.5 Å². The van der Waals surface area contributed by atoms with Gasteiger partial charge in [0.15, 0.2) is 11.7 Å². The molecule has 0 aliphatic heterocycles. The summed E-state index contributed by atoms with van der Waals surface area (Å²) in [6, 6.07) is 3.49. The van der Waals surface area contributed by atoms with E-state index in [2.05, 4.69) is 20.0 Å². The molecule has 0 aliphatic rings. The van der Waals surface area contributed by atoms with Gasteiger partial charge in [-0.15, -0.1) is 11.3 Å². The van der Waals surface area contributed by atoms with Crippen molar-refractivity contribution in [3.05, 3.63) is 23.3 Å². The Morgan fingerprint density at radius 2 is 2.35 bits per heavy atom. The number of hydrogen-bond acceptors (Lipinski definition) is 6. The van der Waals surface area contributed by atoms with Crippen molar-refractivity contribution in [3.8, 4) is 11.5 Å². The Kier molecular flexibility index (Phi) is 4.20. The number of nitrogens with zero attached hydrogens (tertiary/aromatic N) is 2. The van der Waals surface area contributed by atoms with Gasteiger partial charge in [-0.25, -0.2) is 9.78 Å². The van der Waals surface area contributed by atoms with Crippen LogP contribution in [0.3, 0.4) is 0 Å². The molecule has 0 saturated carbocycles. The normalized spacial score (nSPS) is 10.1. The highest BCUT2D eigenvalue weighted by atomic mass is 32.1. The van der Waals surface area contributed by atoms with E-state index in [9.17, 15) is 4.79 Å². The minimum Gasteiger partial charge on any atom is -0.458 e. The van der Waals surface area contributed by atoms with Crippen LogP contribution in [0.1, 0.15) is 5.76 Å². The number of guanidine groups is 1. The van der Waals surface area contributed by atoms with Crippen LogP contribution in [0.5, 0.6) is 0 Å². The molecule has 2 aromatic heterocycles. The molecule has 0 atom stereocenters. The minimum atomic E-state index is -0.522. The molecule has 0 saturated heterocycles. The van der Waals surface area contributed by atoms with Crippen molar-refractivity contribution in [2.45, 2.75) is 6.54 Å². The predicted octanol–water partition coefficient (Wildman–Crippen LogP) is 1.16. The van der Waals surface area contributed by atoms with Crippen LogP contribution in [-0.4, -0.2) is 24.1 Å². The van der Waals surface area contributed by atoms with E-state index in [1.165, 1.54) is 18.4 Å². The summed E-state index contributed by atoms with van der Waals surface area (Å²) in [4.78, 5) is 19.0. The van der Waals surface area contributed by atoms with Crippen molar-refractivity contribution >= 4 is 28.5 Å². The molecule has 0 unspecified atom stereocenters. The summed E-state index contributed by atoms with van der Waals surface area (Å²) in [5.41, 5.74) is 11.2. The highest BCUT2D eigenvalue weighted by molar-refractivity contribution is 7.13. The lowest BCUT2D eigenvalue weighted by Crippen LogP contribution is -2.21. The zero-order valence-corrected chi connectivity index (χ0v) is 11.4. The maximum absolute atomic E-state index is 10.9. The lowest BCUT2D eigenvalue weighted by atomic mass is 10.3. The van der Waals surface area contributed by atoms with Gasteiger partial charge in [-0.1, -0.05) is 0 Å². The molecule has 0 aromatic carbocycles. The number of carbonyl (C=O) groups is 1. The van der Waals surface area contributed by atoms with Crippen molar-refractivity contribution in [3.63, 3.8) is 0 Å². The molecule has 0 aliphatic carbocycles. The van der Waals surface area contributed by atoms with Crippen LogP contribution in [0, 0.1) is 0 Å². The molecule has 2 heterocycles. The SMILES string of the molecule is COC(=O)NCc1ccc(-c2csc(N=C(N)N)n2)o1. The van der Waals surface area contributed by atoms with E-state index in [0.717, 1.165) is 0 Å². The van der Waals surface area contributed by atoms with Crippen LogP contribution < -0.4 is 16.8 Å². The molecule has 0 fully saturated rings. The standard InChI is InChI=1S/C11H13N5O3S/c1-18-11(17)14-4-6-2-3-8(19-6)7-5-20-10(15-7)16-9(12)13/h2-3,5H,4H2,1H3,(H,14,17)(H4,12,13,15,16). The minimum absolute atomic E-state index is 0.0479. The number of amides is 1. The van der Waals surface area contributed by atoms with Gasteiger partial charge in [-0.2, -0.15) is 4.99 Å². The number of ether oxygens (including phenoxy) is 1. The third-order valence-corrected chi connectivity index (χ3v) is 2.96. The molecular formula is C11H13N5O3S. The molecule has 20 heavy (non-hydrogen) atoms. The molecule has 8 nitrogen and oxygen atoms in total. The van der Waals surface area contributed by atoms with Crippen LogP contribution in [0.15, 0.2) is 26.9 Å². The molecule has 1 amide bonds. The second-order valence-corrected chi connectivity index (χ2v) is 4.50. The number of nitrogens with two attached hydrogens (primary N) is 2. The number of rotatable bonds is 4. The number of nitrogens with one attached hydrogen (secondary N) is 1. The van der Waals surface area contributed by atoms with E-state index < -0.39 is 6.09 Å². The van der Waals surface area contributed by atoms with Crippen molar-refractivity contribution in [1.29, 1.82) is 0 Å². The number of furan rings is 1. The Balaban J connectivity index is 2.06. The Bertz CT molecular complexity index is 630. The zero-order valence-electron chi connectivity index (χ0n) is 10.6. The van der Waals surface area contributed by atoms with E-state index in [4.69, 9.17) is 15.9 Å². The van der Waals surface area contributed by atoms with Gasteiger partial charge in [0.25, 0.3) is 0 Å². The van der Waals surface area contributed by atoms with Crippen LogP contribution in [0.25, 0.3) is 11.5 Å². The summed E-state index contributed by atoms with van der Waals surface area (Å²) < 4.78 is 10.0. The van der Waals surface area contributed by atoms with Gasteiger partial charge in [-0.05, 0) is 12.1 Å². The third kappa shape index (κ3) is 3.48. The summed E-state index contributed by atoms with van der Waals surface area (Å²) in [5, 5.41) is 4.74. The Morgan fingerprint density at radius 1 is 1.55 bits per heavy atom. The second kappa shape index (κ2) is 6.06. The van der Waals surface area contributed by atoms with Gasteiger partial charge < -0.3 is 25.9 Å². The number of aromatic nitrogens is 1. The van der Waals surface area contributed by atoms with Crippen LogP contribution in [0.4, 0.5) is 9.93 Å². The van der Waals surface area contributed by atoms with E-state index in [1.807, 2.05) is 0 Å². The number of carbonyl (C=O) groups excluding carboxylic acids is 1. The first-order valence-corrected chi connectivity index (χ1v) is 6.42. The average Bonchev–Trinajstić information content (AvgIpc) is 3.03. The highest BCUT2D eigenvalue weighted by Gasteiger charge is 2.10. The molecule has 0 spiro atoms. The molecule has 106 valence electrons. The van der Waals surface area contributed by atoms with Crippen LogP contribution >= 0.6 is 11.3 Å². The van der Waals surface area contributed by atoms with Crippen molar-refractivity contribution in [2.75, 3.05) is 7.11 Å². The van der Waals surface area contributed by atoms with Gasteiger partial charge in [0.2, 0.25) is 5.13 Å². The molecule has 2 rings (SSSR count). The van der Waals surface area contributed by atoms with Crippen molar-refractivity contribution < 1.29 is 13.9 Å². The van der Waals surface area contributed by atoms with E-state index in [0.29, 0.717) is 22.3 Å². The Labute approximate surface area is 118 Å². The lowest BCUT2D eigenvalue weighted by molar-refractivity contribution is 0.169. The topological polar surface area (TPSA) is 129 Å². The summed E-state index contributed by atoms with van der Waals surface area (Å²) in [6.07, 6.45) is -0.522. The summed E-state index contributed by atoms with van der Waals surface area (Å²) >= 11 is 1.30. The number of aliphatic imine (C=N–C) groups is 1. The molecule has 0 radical (unpaired) electrons. The summed E-state index contributed by atoms with van der Waals surface area (Å²) in [6.45, 7) is 0.234. The van der Waals surface area contributed by atoms with Crippen molar-refractivity contribution in [2.24, 2.45) is 16.5 Å². The second-order valence-electron chi connectivity index (χ2n) is 3.66. The van der Waals surface area contributed by atoms with Gasteiger partial charge in [-0.3, -0.25) is 0 Å². The largest absolute Gasteiger partial charge is 0.458 e. The third-order valence-electron chi connectivity index (χ3n) is 2.22. The Morgan fingerprint density at radius 3 is 3.05 bits per heavy atom. The smallest absolute Gasteiger partial charge is 0.407 e. The molecular weight excluding hydrogens is 282 g/mol. The number of alkyl carbamates (subject to hydrolysis) is 1. The maximum atomic E-state index is 10.9. The molecule has 5 N–H and O–H groups in total. The van der Waals surface area contributed by atoms with E-state index in [-0.39, 0.29) is 12.5 Å². The monoisotopic (exact) mass is 295 g/mol. The van der Waals surface area contributed by atoms with Crippen molar-refractivity contribution in [1.82, 2.24) is 10.3 Å². The zero-order chi connectivity index (χ0) is 14.5. The van der Waals surface area contributed by atoms with Crippen LogP contribution in [0.2, 0.25) is 0 Å². The lowest BCUT2D eigenvalue weighted by Gasteiger charge is -1.99.